The van der Waals surface area contributed by atoms with Gasteiger partial charge < -0.3 is 9.80 Å². The minimum absolute atomic E-state index is 0.272. The lowest BCUT2D eigenvalue weighted by Crippen LogP contribution is -2.51. The molecule has 162 valence electrons. The van der Waals surface area contributed by atoms with Crippen LogP contribution in [0.1, 0.15) is 18.5 Å². The Balaban J connectivity index is 1.43. The van der Waals surface area contributed by atoms with Gasteiger partial charge in [0.25, 0.3) is 5.56 Å². The van der Waals surface area contributed by atoms with Crippen molar-refractivity contribution in [3.63, 3.8) is 0 Å². The summed E-state index contributed by atoms with van der Waals surface area (Å²) in [5.74, 6) is 0.150. The highest BCUT2D eigenvalue weighted by atomic mass is 19.4. The van der Waals surface area contributed by atoms with Gasteiger partial charge in [-0.3, -0.25) is 9.59 Å². The van der Waals surface area contributed by atoms with Crippen molar-refractivity contribution < 1.29 is 18.0 Å². The second-order valence-corrected chi connectivity index (χ2v) is 7.25. The molecule has 8 nitrogen and oxygen atoms in total. The Morgan fingerprint density at radius 2 is 1.77 bits per heavy atom. The molecule has 3 heterocycles. The molecule has 3 aromatic rings. The lowest BCUT2D eigenvalue weighted by atomic mass is 10.2. The first-order valence-electron chi connectivity index (χ1n) is 9.67. The van der Waals surface area contributed by atoms with Crippen LogP contribution in [-0.4, -0.2) is 57.0 Å². The molecule has 31 heavy (non-hydrogen) atoms. The highest BCUT2D eigenvalue weighted by molar-refractivity contribution is 5.81. The maximum absolute atomic E-state index is 12.9. The van der Waals surface area contributed by atoms with Gasteiger partial charge >= 0.3 is 6.18 Å². The number of pyridine rings is 1. The zero-order valence-electron chi connectivity index (χ0n) is 16.6. The number of fused-ring (bicyclic) bond motifs is 1. The summed E-state index contributed by atoms with van der Waals surface area (Å²) in [5.41, 5.74) is -0.735. The number of carbonyl (C=O) groups excluding carboxylic acids is 1. The summed E-state index contributed by atoms with van der Waals surface area (Å²) in [6.45, 7) is 3.12. The lowest BCUT2D eigenvalue weighted by molar-refractivity contribution is -0.138. The quantitative estimate of drug-likeness (QED) is 0.631. The molecule has 4 rings (SSSR count). The number of piperazine rings is 1. The third-order valence-electron chi connectivity index (χ3n) is 5.31. The van der Waals surface area contributed by atoms with Gasteiger partial charge in [-0.25, -0.2) is 4.98 Å². The molecule has 2 aromatic heterocycles. The molecular weight excluding hydrogens is 413 g/mol. The standard InChI is InChI=1S/C20H19F3N6O2/c1-13(29-19(31)15-4-2-3-5-16(15)25-26-29)18(30)28-10-8-27(9-11-28)17-7-6-14(12-24-17)20(21,22)23/h2-7,12-13H,8-11H2,1H3/t13-/m0/s1. The van der Waals surface area contributed by atoms with Crippen LogP contribution in [-0.2, 0) is 11.0 Å². The molecule has 11 heteroatoms. The Morgan fingerprint density at radius 3 is 2.42 bits per heavy atom. The zero-order valence-corrected chi connectivity index (χ0v) is 16.6. The van der Waals surface area contributed by atoms with E-state index in [2.05, 4.69) is 15.3 Å². The van der Waals surface area contributed by atoms with Gasteiger partial charge in [0.05, 0.1) is 10.9 Å². The van der Waals surface area contributed by atoms with Gasteiger partial charge in [0, 0.05) is 32.4 Å². The third-order valence-corrected chi connectivity index (χ3v) is 5.31. The van der Waals surface area contributed by atoms with E-state index in [9.17, 15) is 22.8 Å². The van der Waals surface area contributed by atoms with E-state index >= 15 is 0 Å². The molecule has 1 aliphatic rings. The molecule has 0 saturated carbocycles. The third kappa shape index (κ3) is 4.07. The van der Waals surface area contributed by atoms with E-state index in [1.54, 1.807) is 36.1 Å². The van der Waals surface area contributed by atoms with Crippen LogP contribution < -0.4 is 10.5 Å². The topological polar surface area (TPSA) is 84.2 Å². The smallest absolute Gasteiger partial charge is 0.353 e. The van der Waals surface area contributed by atoms with Crippen LogP contribution in [0.3, 0.4) is 0 Å². The highest BCUT2D eigenvalue weighted by Gasteiger charge is 2.32. The first-order valence-corrected chi connectivity index (χ1v) is 9.67. The molecule has 1 amide bonds. The van der Waals surface area contributed by atoms with Crippen molar-refractivity contribution >= 4 is 22.6 Å². The summed E-state index contributed by atoms with van der Waals surface area (Å²) >= 11 is 0. The van der Waals surface area contributed by atoms with Gasteiger partial charge in [0.2, 0.25) is 5.91 Å². The maximum atomic E-state index is 12.9. The highest BCUT2D eigenvalue weighted by Crippen LogP contribution is 2.29. The number of amides is 1. The summed E-state index contributed by atoms with van der Waals surface area (Å²) in [6.07, 6.45) is -3.63. The van der Waals surface area contributed by atoms with Crippen molar-refractivity contribution in [2.45, 2.75) is 19.1 Å². The lowest BCUT2D eigenvalue weighted by Gasteiger charge is -2.36. The number of aromatic nitrogens is 4. The predicted octanol–water partition coefficient (Wildman–Crippen LogP) is 2.12. The molecule has 1 aliphatic heterocycles. The van der Waals surface area contributed by atoms with Crippen LogP contribution in [0, 0.1) is 0 Å². The number of hydrogen-bond acceptors (Lipinski definition) is 6. The van der Waals surface area contributed by atoms with E-state index in [0.717, 1.165) is 16.9 Å². The molecule has 0 unspecified atom stereocenters. The Hall–Kier alpha value is -3.50. The minimum atomic E-state index is -4.43. The molecule has 0 spiro atoms. The van der Waals surface area contributed by atoms with Crippen molar-refractivity contribution in [2.24, 2.45) is 0 Å². The van der Waals surface area contributed by atoms with Gasteiger partial charge in [0.1, 0.15) is 17.4 Å². The van der Waals surface area contributed by atoms with Crippen molar-refractivity contribution in [3.8, 4) is 0 Å². The second-order valence-electron chi connectivity index (χ2n) is 7.25. The molecule has 1 fully saturated rings. The van der Waals surface area contributed by atoms with E-state index in [1.165, 1.54) is 6.07 Å². The number of rotatable bonds is 3. The van der Waals surface area contributed by atoms with Crippen LogP contribution in [0.4, 0.5) is 19.0 Å². The summed E-state index contributed by atoms with van der Waals surface area (Å²) < 4.78 is 39.2. The van der Waals surface area contributed by atoms with E-state index < -0.39 is 17.8 Å². The summed E-state index contributed by atoms with van der Waals surface area (Å²) in [4.78, 5) is 32.9. The average molecular weight is 432 g/mol. The fourth-order valence-corrected chi connectivity index (χ4v) is 3.52. The van der Waals surface area contributed by atoms with Crippen molar-refractivity contribution in [1.82, 2.24) is 24.9 Å². The Labute approximate surface area is 174 Å². The Kier molecular flexibility index (Phi) is 5.34. The minimum Gasteiger partial charge on any atom is -0.353 e. The molecule has 0 N–H and O–H groups in total. The van der Waals surface area contributed by atoms with E-state index in [4.69, 9.17) is 0 Å². The van der Waals surface area contributed by atoms with Crippen LogP contribution in [0.2, 0.25) is 0 Å². The number of nitrogens with zero attached hydrogens (tertiary/aromatic N) is 6. The van der Waals surface area contributed by atoms with Gasteiger partial charge in [-0.15, -0.1) is 5.10 Å². The molecule has 1 saturated heterocycles. The number of carbonyl (C=O) groups is 1. The summed E-state index contributed by atoms with van der Waals surface area (Å²) in [6, 6.07) is 8.27. The molecule has 0 radical (unpaired) electrons. The molecular formula is C20H19F3N6O2. The number of benzene rings is 1. The monoisotopic (exact) mass is 432 g/mol. The molecule has 1 atom stereocenters. The van der Waals surface area contributed by atoms with E-state index in [0.29, 0.717) is 42.9 Å². The van der Waals surface area contributed by atoms with E-state index in [1.807, 2.05) is 4.90 Å². The second kappa shape index (κ2) is 7.97. The largest absolute Gasteiger partial charge is 0.417 e. The number of anilines is 1. The van der Waals surface area contributed by atoms with Crippen LogP contribution in [0.5, 0.6) is 0 Å². The van der Waals surface area contributed by atoms with Crippen LogP contribution >= 0.6 is 0 Å². The van der Waals surface area contributed by atoms with Crippen LogP contribution in [0.25, 0.3) is 10.9 Å². The van der Waals surface area contributed by atoms with Crippen LogP contribution in [0.15, 0.2) is 47.4 Å². The number of hydrogen-bond donors (Lipinski definition) is 0. The van der Waals surface area contributed by atoms with Gasteiger partial charge in [-0.1, -0.05) is 17.3 Å². The normalized spacial score (nSPS) is 15.9. The van der Waals surface area contributed by atoms with Gasteiger partial charge in [-0.2, -0.15) is 17.9 Å². The SMILES string of the molecule is C[C@@H](C(=O)N1CCN(c2ccc(C(F)(F)F)cn2)CC1)n1nnc2ccccc2c1=O. The van der Waals surface area contributed by atoms with Gasteiger partial charge in [-0.05, 0) is 31.2 Å². The zero-order chi connectivity index (χ0) is 22.2. The average Bonchev–Trinajstić information content (AvgIpc) is 2.78. The molecule has 0 bridgehead atoms. The first kappa shape index (κ1) is 20.8. The van der Waals surface area contributed by atoms with Gasteiger partial charge in [0.15, 0.2) is 0 Å². The van der Waals surface area contributed by atoms with Crippen molar-refractivity contribution in [3.05, 3.63) is 58.5 Å². The first-order chi connectivity index (χ1) is 14.8. The van der Waals surface area contributed by atoms with Crippen molar-refractivity contribution in [1.29, 1.82) is 0 Å². The predicted molar refractivity (Wildman–Crippen MR) is 107 cm³/mol. The fourth-order valence-electron chi connectivity index (χ4n) is 3.52. The number of halogens is 3. The summed E-state index contributed by atoms with van der Waals surface area (Å²) in [7, 11) is 0. The Bertz CT molecular complexity index is 1150. The Morgan fingerprint density at radius 1 is 1.06 bits per heavy atom. The van der Waals surface area contributed by atoms with Crippen molar-refractivity contribution in [2.75, 3.05) is 31.1 Å². The summed E-state index contributed by atoms with van der Waals surface area (Å²) in [5, 5.41) is 8.30. The fraction of sp³-hybridized carbons (Fsp3) is 0.350. The number of alkyl halides is 3. The van der Waals surface area contributed by atoms with E-state index in [-0.39, 0.29) is 11.5 Å². The maximum Gasteiger partial charge on any atom is 0.417 e. The molecule has 0 aliphatic carbocycles. The molecule has 1 aromatic carbocycles.